The van der Waals surface area contributed by atoms with E-state index in [4.69, 9.17) is 16.6 Å². The highest BCUT2D eigenvalue weighted by Gasteiger charge is 2.12. The van der Waals surface area contributed by atoms with Crippen molar-refractivity contribution in [2.24, 2.45) is 0 Å². The highest BCUT2D eigenvalue weighted by atomic mass is 32.1. The maximum atomic E-state index is 11.6. The third-order valence-electron chi connectivity index (χ3n) is 5.44. The summed E-state index contributed by atoms with van der Waals surface area (Å²) in [4.78, 5) is 11.6. The number of hydrogen-bond acceptors (Lipinski definition) is 3. The maximum Gasteiger partial charge on any atom is 0.336 e. The van der Waals surface area contributed by atoms with E-state index in [1.807, 2.05) is 19.1 Å². The van der Waals surface area contributed by atoms with E-state index < -0.39 is 0 Å². The van der Waals surface area contributed by atoms with Crippen molar-refractivity contribution in [3.63, 3.8) is 0 Å². The van der Waals surface area contributed by atoms with E-state index in [1.54, 1.807) is 6.07 Å². The molecule has 0 radical (unpaired) electrons. The van der Waals surface area contributed by atoms with Crippen molar-refractivity contribution in [2.45, 2.75) is 52.5 Å². The normalized spacial score (nSPS) is 13.1. The number of benzene rings is 2. The van der Waals surface area contributed by atoms with E-state index in [9.17, 15) is 4.79 Å². The van der Waals surface area contributed by atoms with Gasteiger partial charge in [0, 0.05) is 23.2 Å². The van der Waals surface area contributed by atoms with Crippen molar-refractivity contribution in [2.75, 3.05) is 5.32 Å². The van der Waals surface area contributed by atoms with Crippen LogP contribution in [-0.2, 0) is 0 Å². The van der Waals surface area contributed by atoms with E-state index in [0.29, 0.717) is 16.6 Å². The molecule has 3 rings (SSSR count). The first-order valence-electron chi connectivity index (χ1n) is 10.1. The lowest BCUT2D eigenvalue weighted by Crippen LogP contribution is -2.32. The molecule has 1 aromatic heterocycles. The Morgan fingerprint density at radius 3 is 2.38 bits per heavy atom. The molecule has 2 unspecified atom stereocenters. The smallest absolute Gasteiger partial charge is 0.336 e. The molecule has 152 valence electrons. The average molecular weight is 409 g/mol. The summed E-state index contributed by atoms with van der Waals surface area (Å²) >= 11 is 5.52. The summed E-state index contributed by atoms with van der Waals surface area (Å²) in [7, 11) is 0. The van der Waals surface area contributed by atoms with E-state index in [-0.39, 0.29) is 11.7 Å². The highest BCUT2D eigenvalue weighted by molar-refractivity contribution is 7.80. The van der Waals surface area contributed by atoms with Gasteiger partial charge in [-0.05, 0) is 66.7 Å². The second kappa shape index (κ2) is 9.23. The maximum absolute atomic E-state index is 11.6. The molecule has 0 aliphatic rings. The average Bonchev–Trinajstić information content (AvgIpc) is 2.71. The zero-order valence-corrected chi connectivity index (χ0v) is 18.2. The van der Waals surface area contributed by atoms with Crippen LogP contribution in [0.15, 0.2) is 57.7 Å². The second-order valence-electron chi connectivity index (χ2n) is 7.49. The fourth-order valence-electron chi connectivity index (χ4n) is 3.44. The number of nitrogens with one attached hydrogen (secondary N) is 2. The monoisotopic (exact) mass is 408 g/mol. The molecule has 0 bridgehead atoms. The van der Waals surface area contributed by atoms with Crippen LogP contribution in [0.25, 0.3) is 11.0 Å². The van der Waals surface area contributed by atoms with Crippen molar-refractivity contribution >= 4 is 34.0 Å². The molecule has 0 saturated carbocycles. The number of thiocarbonyl (C=S) groups is 1. The first kappa shape index (κ1) is 21.1. The van der Waals surface area contributed by atoms with Crippen LogP contribution in [0.3, 0.4) is 0 Å². The molecule has 3 aromatic rings. The zero-order chi connectivity index (χ0) is 21.0. The summed E-state index contributed by atoms with van der Waals surface area (Å²) < 4.78 is 5.32. The molecule has 2 N–H and O–H groups in total. The minimum atomic E-state index is -0.347. The molecule has 4 nitrogen and oxygen atoms in total. The first-order valence-corrected chi connectivity index (χ1v) is 10.5. The van der Waals surface area contributed by atoms with Crippen LogP contribution in [0.2, 0.25) is 0 Å². The fraction of sp³-hybridized carbons (Fsp3) is 0.333. The van der Waals surface area contributed by atoms with Gasteiger partial charge in [-0.25, -0.2) is 4.79 Å². The summed E-state index contributed by atoms with van der Waals surface area (Å²) in [6.45, 7) is 8.49. The third-order valence-corrected chi connectivity index (χ3v) is 5.66. The molecule has 0 fully saturated rings. The van der Waals surface area contributed by atoms with Crippen LogP contribution in [0.4, 0.5) is 5.69 Å². The second-order valence-corrected chi connectivity index (χ2v) is 7.90. The Balaban J connectivity index is 1.71. The van der Waals surface area contributed by atoms with Crippen molar-refractivity contribution in [1.29, 1.82) is 0 Å². The Bertz CT molecular complexity index is 1060. The van der Waals surface area contributed by atoms with Gasteiger partial charge < -0.3 is 15.1 Å². The Morgan fingerprint density at radius 2 is 1.72 bits per heavy atom. The van der Waals surface area contributed by atoms with Gasteiger partial charge in [-0.2, -0.15) is 0 Å². The highest BCUT2D eigenvalue weighted by Crippen LogP contribution is 2.24. The van der Waals surface area contributed by atoms with Crippen LogP contribution >= 0.6 is 12.2 Å². The number of rotatable bonds is 6. The summed E-state index contributed by atoms with van der Waals surface area (Å²) in [5.41, 5.74) is 4.46. The molecule has 29 heavy (non-hydrogen) atoms. The Kier molecular flexibility index (Phi) is 6.70. The molecule has 0 saturated heterocycles. The lowest BCUT2D eigenvalue weighted by atomic mass is 9.95. The van der Waals surface area contributed by atoms with E-state index in [0.717, 1.165) is 29.5 Å². The van der Waals surface area contributed by atoms with Crippen LogP contribution in [-0.4, -0.2) is 5.11 Å². The molecule has 2 atom stereocenters. The predicted molar refractivity (Wildman–Crippen MR) is 125 cm³/mol. The zero-order valence-electron chi connectivity index (χ0n) is 17.4. The first-order chi connectivity index (χ1) is 13.9. The van der Waals surface area contributed by atoms with E-state index in [2.05, 4.69) is 55.7 Å². The third kappa shape index (κ3) is 5.04. The lowest BCUT2D eigenvalue weighted by molar-refractivity contribution is 0.560. The van der Waals surface area contributed by atoms with E-state index in [1.165, 1.54) is 17.2 Å². The SMILES string of the molecule is CCC(C)c1ccc(C(CC)NC(=S)Nc2ccc3c(C)cc(=O)oc3c2)cc1. The van der Waals surface area contributed by atoms with Crippen molar-refractivity contribution in [3.05, 3.63) is 75.6 Å². The topological polar surface area (TPSA) is 54.3 Å². The van der Waals surface area contributed by atoms with Crippen molar-refractivity contribution in [1.82, 2.24) is 5.32 Å². The molecular weight excluding hydrogens is 380 g/mol. The molecular formula is C24H28N2O2S. The summed E-state index contributed by atoms with van der Waals surface area (Å²) in [5.74, 6) is 0.566. The van der Waals surface area contributed by atoms with Crippen LogP contribution in [0.1, 0.15) is 62.3 Å². The Morgan fingerprint density at radius 1 is 1.03 bits per heavy atom. The minimum Gasteiger partial charge on any atom is -0.423 e. The van der Waals surface area contributed by atoms with Gasteiger partial charge in [-0.1, -0.05) is 45.0 Å². The predicted octanol–water partition coefficient (Wildman–Crippen LogP) is 6.05. The summed E-state index contributed by atoms with van der Waals surface area (Å²) in [6, 6.07) is 16.1. The Labute approximate surface area is 177 Å². The van der Waals surface area contributed by atoms with E-state index >= 15 is 0 Å². The standard InChI is InChI=1S/C24H28N2O2S/c1-5-15(3)17-7-9-18(10-8-17)21(6-2)26-24(29)25-19-11-12-20-16(4)13-23(27)28-22(20)14-19/h7-15,21H,5-6H2,1-4H3,(H2,25,26,29). The molecule has 1 heterocycles. The number of aryl methyl sites for hydroxylation is 1. The molecule has 0 aliphatic heterocycles. The van der Waals surface area contributed by atoms with Crippen LogP contribution < -0.4 is 16.3 Å². The molecule has 2 aromatic carbocycles. The Hall–Kier alpha value is -2.66. The molecule has 0 spiro atoms. The quantitative estimate of drug-likeness (QED) is 0.384. The fourth-order valence-corrected chi connectivity index (χ4v) is 3.70. The van der Waals surface area contributed by atoms with Gasteiger partial charge in [0.1, 0.15) is 5.58 Å². The van der Waals surface area contributed by atoms with Gasteiger partial charge in [-0.15, -0.1) is 0 Å². The molecule has 0 aliphatic carbocycles. The van der Waals surface area contributed by atoms with Crippen LogP contribution in [0, 0.1) is 6.92 Å². The summed E-state index contributed by atoms with van der Waals surface area (Å²) in [6.07, 6.45) is 2.05. The number of hydrogen-bond donors (Lipinski definition) is 2. The largest absolute Gasteiger partial charge is 0.423 e. The van der Waals surface area contributed by atoms with Gasteiger partial charge in [0.25, 0.3) is 0 Å². The van der Waals surface area contributed by atoms with Crippen molar-refractivity contribution < 1.29 is 4.42 Å². The van der Waals surface area contributed by atoms with Gasteiger partial charge in [0.05, 0.1) is 6.04 Å². The van der Waals surface area contributed by atoms with Gasteiger partial charge in [-0.3, -0.25) is 0 Å². The number of anilines is 1. The summed E-state index contributed by atoms with van der Waals surface area (Å²) in [5, 5.41) is 8.05. The minimum absolute atomic E-state index is 0.126. The lowest BCUT2D eigenvalue weighted by Gasteiger charge is -2.21. The molecule has 0 amide bonds. The van der Waals surface area contributed by atoms with Crippen LogP contribution in [0.5, 0.6) is 0 Å². The van der Waals surface area contributed by atoms with Gasteiger partial charge >= 0.3 is 5.63 Å². The van der Waals surface area contributed by atoms with Crippen molar-refractivity contribution in [3.8, 4) is 0 Å². The number of fused-ring (bicyclic) bond motifs is 1. The van der Waals surface area contributed by atoms with Gasteiger partial charge in [0.15, 0.2) is 5.11 Å². The molecule has 5 heteroatoms. The van der Waals surface area contributed by atoms with Gasteiger partial charge in [0.2, 0.25) is 0 Å².